The molecular formula is C17H17F2N5O2. The zero-order valence-electron chi connectivity index (χ0n) is 14.2. The van der Waals surface area contributed by atoms with Gasteiger partial charge in [0.2, 0.25) is 5.91 Å². The Labute approximate surface area is 148 Å². The molecule has 3 rings (SSSR count). The Bertz CT molecular complexity index is 874. The molecule has 2 heterocycles. The number of carbonyl (C=O) groups is 2. The highest BCUT2D eigenvalue weighted by Gasteiger charge is 2.28. The lowest BCUT2D eigenvalue weighted by Crippen LogP contribution is -2.45. The number of halogens is 2. The predicted molar refractivity (Wildman–Crippen MR) is 89.1 cm³/mol. The van der Waals surface area contributed by atoms with E-state index in [0.717, 1.165) is 16.5 Å². The molecule has 9 heteroatoms. The molecule has 136 valence electrons. The van der Waals surface area contributed by atoms with E-state index >= 15 is 0 Å². The van der Waals surface area contributed by atoms with Crippen LogP contribution in [0.3, 0.4) is 0 Å². The quantitative estimate of drug-likeness (QED) is 0.875. The summed E-state index contributed by atoms with van der Waals surface area (Å²) in [6.07, 6.45) is 1.55. The first kappa shape index (κ1) is 17.7. The van der Waals surface area contributed by atoms with Crippen LogP contribution < -0.4 is 10.6 Å². The van der Waals surface area contributed by atoms with Crippen LogP contribution in [0.4, 0.5) is 19.3 Å². The van der Waals surface area contributed by atoms with Gasteiger partial charge in [0, 0.05) is 11.8 Å². The Morgan fingerprint density at radius 1 is 1.38 bits per heavy atom. The minimum atomic E-state index is -1.03. The highest BCUT2D eigenvalue weighted by molar-refractivity contribution is 5.94. The molecule has 0 spiro atoms. The third-order valence-electron chi connectivity index (χ3n) is 4.16. The number of hydrogen-bond donors (Lipinski definition) is 2. The van der Waals surface area contributed by atoms with Crippen LogP contribution >= 0.6 is 0 Å². The van der Waals surface area contributed by atoms with Crippen molar-refractivity contribution < 1.29 is 18.4 Å². The van der Waals surface area contributed by atoms with Gasteiger partial charge in [0.1, 0.15) is 6.54 Å². The summed E-state index contributed by atoms with van der Waals surface area (Å²) >= 11 is 0. The number of hydrogen-bond acceptors (Lipinski definition) is 4. The highest BCUT2D eigenvalue weighted by atomic mass is 19.2. The van der Waals surface area contributed by atoms with Gasteiger partial charge in [-0.25, -0.2) is 13.6 Å². The molecule has 1 atom stereocenters. The van der Waals surface area contributed by atoms with Crippen molar-refractivity contribution in [1.29, 1.82) is 0 Å². The predicted octanol–water partition coefficient (Wildman–Crippen LogP) is 2.29. The summed E-state index contributed by atoms with van der Waals surface area (Å²) in [5.41, 5.74) is 1.70. The Kier molecular flexibility index (Phi) is 4.79. The molecule has 0 aliphatic carbocycles. The zero-order chi connectivity index (χ0) is 18.8. The molecule has 0 radical (unpaired) electrons. The number of carbonyl (C=O) groups excluding carboxylic acids is 2. The number of nitrogens with one attached hydrogen (secondary N) is 2. The number of nitrogens with zero attached hydrogens (tertiary/aromatic N) is 3. The van der Waals surface area contributed by atoms with Crippen molar-refractivity contribution in [3.05, 3.63) is 52.9 Å². The van der Waals surface area contributed by atoms with E-state index in [9.17, 15) is 18.4 Å². The second-order valence-electron chi connectivity index (χ2n) is 6.06. The Hall–Kier alpha value is -3.10. The summed E-state index contributed by atoms with van der Waals surface area (Å²) < 4.78 is 27.3. The molecule has 3 amide bonds. The molecular weight excluding hydrogens is 344 g/mol. The number of rotatable bonds is 4. The van der Waals surface area contributed by atoms with E-state index in [0.29, 0.717) is 5.69 Å². The first-order valence-corrected chi connectivity index (χ1v) is 7.97. The molecule has 1 aliphatic rings. The lowest BCUT2D eigenvalue weighted by atomic mass is 10.1. The number of urea groups is 1. The fourth-order valence-electron chi connectivity index (χ4n) is 2.81. The number of aromatic nitrogens is 2. The van der Waals surface area contributed by atoms with Crippen LogP contribution in [-0.2, 0) is 11.3 Å². The van der Waals surface area contributed by atoms with Crippen LogP contribution in [-0.4, -0.2) is 33.6 Å². The van der Waals surface area contributed by atoms with Crippen molar-refractivity contribution in [2.45, 2.75) is 26.4 Å². The van der Waals surface area contributed by atoms with Gasteiger partial charge in [-0.3, -0.25) is 4.79 Å². The maximum atomic E-state index is 13.9. The van der Waals surface area contributed by atoms with Crippen LogP contribution in [0.5, 0.6) is 0 Å². The maximum absolute atomic E-state index is 13.9. The summed E-state index contributed by atoms with van der Waals surface area (Å²) in [5.74, 6) is -2.48. The lowest BCUT2D eigenvalue weighted by molar-refractivity contribution is -0.122. The molecule has 26 heavy (non-hydrogen) atoms. The minimum Gasteiger partial charge on any atom is -0.346 e. The largest absolute Gasteiger partial charge is 0.346 e. The second-order valence-corrected chi connectivity index (χ2v) is 6.06. The SMILES string of the molecule is Cc1ccnnc1[C@@H](C)NC(=O)CN1Cc2c(ccc(F)c2F)NC1=O. The van der Waals surface area contributed by atoms with E-state index in [1.54, 1.807) is 19.2 Å². The standard InChI is InChI=1S/C17H17F2N5O2/c1-9-5-6-20-23-16(9)10(2)21-14(25)8-24-7-11-13(22-17(24)26)4-3-12(18)15(11)19/h3-6,10H,7-8H2,1-2H3,(H,21,25)(H,22,26)/t10-/m1/s1. The fraction of sp³-hybridized carbons (Fsp3) is 0.294. The number of anilines is 1. The molecule has 0 fully saturated rings. The molecule has 1 aromatic carbocycles. The van der Waals surface area contributed by atoms with Gasteiger partial charge in [-0.2, -0.15) is 10.2 Å². The average Bonchev–Trinajstić information content (AvgIpc) is 2.60. The van der Waals surface area contributed by atoms with Crippen molar-refractivity contribution in [2.24, 2.45) is 0 Å². The molecule has 0 unspecified atom stereocenters. The molecule has 7 nitrogen and oxygen atoms in total. The van der Waals surface area contributed by atoms with Crippen molar-refractivity contribution in [1.82, 2.24) is 20.4 Å². The van der Waals surface area contributed by atoms with E-state index in [1.807, 2.05) is 6.92 Å². The number of benzene rings is 1. The topological polar surface area (TPSA) is 87.2 Å². The van der Waals surface area contributed by atoms with E-state index in [4.69, 9.17) is 0 Å². The molecule has 0 bridgehead atoms. The number of fused-ring (bicyclic) bond motifs is 1. The van der Waals surface area contributed by atoms with Crippen LogP contribution in [0.1, 0.15) is 29.8 Å². The normalized spacial score (nSPS) is 14.5. The van der Waals surface area contributed by atoms with Gasteiger partial charge >= 0.3 is 6.03 Å². The van der Waals surface area contributed by atoms with Crippen molar-refractivity contribution in [3.8, 4) is 0 Å². The Balaban J connectivity index is 1.69. The summed E-state index contributed by atoms with van der Waals surface area (Å²) in [4.78, 5) is 25.5. The number of aryl methyl sites for hydroxylation is 1. The highest BCUT2D eigenvalue weighted by Crippen LogP contribution is 2.27. The summed E-state index contributed by atoms with van der Waals surface area (Å²) in [5, 5.41) is 13.0. The van der Waals surface area contributed by atoms with Crippen molar-refractivity contribution in [3.63, 3.8) is 0 Å². The van der Waals surface area contributed by atoms with Crippen LogP contribution in [0.15, 0.2) is 24.4 Å². The van der Waals surface area contributed by atoms with Crippen molar-refractivity contribution >= 4 is 17.6 Å². The van der Waals surface area contributed by atoms with Crippen LogP contribution in [0.2, 0.25) is 0 Å². The first-order valence-electron chi connectivity index (χ1n) is 7.97. The molecule has 1 aliphatic heterocycles. The van der Waals surface area contributed by atoms with Gasteiger partial charge in [-0.05, 0) is 37.6 Å². The molecule has 2 N–H and O–H groups in total. The molecule has 2 aromatic rings. The van der Waals surface area contributed by atoms with E-state index in [2.05, 4.69) is 20.8 Å². The first-order chi connectivity index (χ1) is 12.4. The molecule has 0 saturated heterocycles. The summed E-state index contributed by atoms with van der Waals surface area (Å²) in [7, 11) is 0. The van der Waals surface area contributed by atoms with Crippen molar-refractivity contribution in [2.75, 3.05) is 11.9 Å². The average molecular weight is 361 g/mol. The van der Waals surface area contributed by atoms with E-state index in [-0.39, 0.29) is 24.3 Å². The van der Waals surface area contributed by atoms with Gasteiger partial charge in [-0.1, -0.05) is 0 Å². The third kappa shape index (κ3) is 3.46. The lowest BCUT2D eigenvalue weighted by Gasteiger charge is -2.29. The van der Waals surface area contributed by atoms with E-state index in [1.165, 1.54) is 6.07 Å². The smallest absolute Gasteiger partial charge is 0.322 e. The van der Waals surface area contributed by atoms with Gasteiger partial charge in [-0.15, -0.1) is 0 Å². The molecule has 0 saturated carbocycles. The third-order valence-corrected chi connectivity index (χ3v) is 4.16. The second kappa shape index (κ2) is 7.03. The minimum absolute atomic E-state index is 0.00946. The monoisotopic (exact) mass is 361 g/mol. The van der Waals surface area contributed by atoms with E-state index < -0.39 is 29.6 Å². The van der Waals surface area contributed by atoms with Gasteiger partial charge in [0.15, 0.2) is 11.6 Å². The van der Waals surface area contributed by atoms with Crippen LogP contribution in [0, 0.1) is 18.6 Å². The maximum Gasteiger partial charge on any atom is 0.322 e. The molecule has 1 aromatic heterocycles. The zero-order valence-corrected chi connectivity index (χ0v) is 14.2. The summed E-state index contributed by atoms with van der Waals surface area (Å²) in [6, 6.07) is 3.05. The fourth-order valence-corrected chi connectivity index (χ4v) is 2.81. The Morgan fingerprint density at radius 2 is 2.15 bits per heavy atom. The summed E-state index contributed by atoms with van der Waals surface area (Å²) in [6.45, 7) is 3.09. The van der Waals surface area contributed by atoms with Gasteiger partial charge in [0.25, 0.3) is 0 Å². The van der Waals surface area contributed by atoms with Gasteiger partial charge < -0.3 is 15.5 Å². The Morgan fingerprint density at radius 3 is 2.88 bits per heavy atom. The van der Waals surface area contributed by atoms with Crippen LogP contribution in [0.25, 0.3) is 0 Å². The van der Waals surface area contributed by atoms with Gasteiger partial charge in [0.05, 0.1) is 24.0 Å². The number of amides is 3.